The highest BCUT2D eigenvalue weighted by molar-refractivity contribution is 5.86. The zero-order valence-electron chi connectivity index (χ0n) is 9.88. The van der Waals surface area contributed by atoms with Crippen LogP contribution < -0.4 is 10.6 Å². The smallest absolute Gasteiger partial charge is 0.326 e. The van der Waals surface area contributed by atoms with E-state index in [-0.39, 0.29) is 12.1 Å². The Bertz CT molecular complexity index is 345. The quantitative estimate of drug-likeness (QED) is 0.522. The van der Waals surface area contributed by atoms with Crippen LogP contribution in [-0.4, -0.2) is 53.0 Å². The Morgan fingerprint density at radius 1 is 1.39 bits per heavy atom. The van der Waals surface area contributed by atoms with Gasteiger partial charge in [0, 0.05) is 6.61 Å². The molecular formula is C10H16N2O6. The minimum absolute atomic E-state index is 0.140. The third-order valence-corrected chi connectivity index (χ3v) is 2.67. The summed E-state index contributed by atoms with van der Waals surface area (Å²) >= 11 is 0. The van der Waals surface area contributed by atoms with Crippen LogP contribution >= 0.6 is 0 Å². The van der Waals surface area contributed by atoms with Crippen LogP contribution in [0.15, 0.2) is 0 Å². The van der Waals surface area contributed by atoms with E-state index in [0.717, 1.165) is 0 Å². The van der Waals surface area contributed by atoms with E-state index in [4.69, 9.17) is 14.9 Å². The van der Waals surface area contributed by atoms with Gasteiger partial charge in [-0.25, -0.2) is 9.59 Å². The van der Waals surface area contributed by atoms with E-state index < -0.39 is 30.4 Å². The number of carboxylic acids is 2. The van der Waals surface area contributed by atoms with Gasteiger partial charge in [0.05, 0.1) is 18.6 Å². The molecule has 1 aliphatic heterocycles. The second-order valence-corrected chi connectivity index (χ2v) is 4.08. The maximum Gasteiger partial charge on any atom is 0.326 e. The van der Waals surface area contributed by atoms with Gasteiger partial charge < -0.3 is 25.6 Å². The first-order valence-corrected chi connectivity index (χ1v) is 5.53. The molecule has 8 heteroatoms. The molecule has 1 fully saturated rings. The SMILES string of the molecule is CC1OCCC1NC(=O)N[C@@H](CC(=O)O)C(=O)O. The summed E-state index contributed by atoms with van der Waals surface area (Å²) in [6, 6.07) is -2.34. The molecule has 0 spiro atoms. The Labute approximate surface area is 103 Å². The highest BCUT2D eigenvalue weighted by atomic mass is 16.5. The lowest BCUT2D eigenvalue weighted by atomic mass is 10.1. The summed E-state index contributed by atoms with van der Waals surface area (Å²) in [4.78, 5) is 32.7. The van der Waals surface area contributed by atoms with E-state index in [0.29, 0.717) is 13.0 Å². The molecule has 0 saturated carbocycles. The molecular weight excluding hydrogens is 244 g/mol. The van der Waals surface area contributed by atoms with E-state index in [1.165, 1.54) is 0 Å². The number of carbonyl (C=O) groups excluding carboxylic acids is 1. The fraction of sp³-hybridized carbons (Fsp3) is 0.700. The topological polar surface area (TPSA) is 125 Å². The fourth-order valence-corrected chi connectivity index (χ4v) is 1.66. The van der Waals surface area contributed by atoms with Crippen LogP contribution in [0.2, 0.25) is 0 Å². The van der Waals surface area contributed by atoms with Gasteiger partial charge in [0.25, 0.3) is 0 Å². The molecule has 4 N–H and O–H groups in total. The minimum Gasteiger partial charge on any atom is -0.481 e. The lowest BCUT2D eigenvalue weighted by molar-refractivity contribution is -0.145. The van der Waals surface area contributed by atoms with E-state index in [1.54, 1.807) is 6.92 Å². The van der Waals surface area contributed by atoms with Gasteiger partial charge in [-0.3, -0.25) is 4.79 Å². The highest BCUT2D eigenvalue weighted by Crippen LogP contribution is 2.12. The van der Waals surface area contributed by atoms with Crippen molar-refractivity contribution < 1.29 is 29.3 Å². The minimum atomic E-state index is -1.44. The van der Waals surface area contributed by atoms with E-state index >= 15 is 0 Å². The lowest BCUT2D eigenvalue weighted by Gasteiger charge is -2.18. The second-order valence-electron chi connectivity index (χ2n) is 4.08. The zero-order chi connectivity index (χ0) is 13.7. The van der Waals surface area contributed by atoms with Crippen LogP contribution in [0.25, 0.3) is 0 Å². The fourth-order valence-electron chi connectivity index (χ4n) is 1.66. The number of carboxylic acid groups (broad SMARTS) is 2. The summed E-state index contributed by atoms with van der Waals surface area (Å²) in [6.45, 7) is 2.33. The number of aliphatic carboxylic acids is 2. The van der Waals surface area contributed by atoms with Crippen LogP contribution in [0.3, 0.4) is 0 Å². The molecule has 0 radical (unpaired) electrons. The number of hydrogen-bond donors (Lipinski definition) is 4. The van der Waals surface area contributed by atoms with Crippen molar-refractivity contribution in [2.24, 2.45) is 0 Å². The molecule has 0 aromatic rings. The first-order chi connectivity index (χ1) is 8.40. The third-order valence-electron chi connectivity index (χ3n) is 2.67. The van der Waals surface area contributed by atoms with Crippen LogP contribution in [-0.2, 0) is 14.3 Å². The maximum atomic E-state index is 11.5. The first-order valence-electron chi connectivity index (χ1n) is 5.53. The second kappa shape index (κ2) is 6.20. The predicted octanol–water partition coefficient (Wildman–Crippen LogP) is -0.609. The monoisotopic (exact) mass is 260 g/mol. The third kappa shape index (κ3) is 4.21. The standard InChI is InChI=1S/C10H16N2O6/c1-5-6(2-3-18-5)11-10(17)12-7(9(15)16)4-8(13)14/h5-7H,2-4H2,1H3,(H,13,14)(H,15,16)(H2,11,12,17)/t5?,6?,7-/m0/s1. The molecule has 1 aliphatic rings. The summed E-state index contributed by atoms with van der Waals surface area (Å²) in [6.07, 6.45) is -0.163. The van der Waals surface area contributed by atoms with Crippen LogP contribution in [0.4, 0.5) is 4.79 Å². The van der Waals surface area contributed by atoms with Gasteiger partial charge in [-0.05, 0) is 13.3 Å². The highest BCUT2D eigenvalue weighted by Gasteiger charge is 2.28. The Balaban J connectivity index is 2.45. The van der Waals surface area contributed by atoms with Gasteiger partial charge in [0.1, 0.15) is 6.04 Å². The van der Waals surface area contributed by atoms with Gasteiger partial charge in [-0.1, -0.05) is 0 Å². The van der Waals surface area contributed by atoms with Crippen molar-refractivity contribution in [2.45, 2.75) is 38.0 Å². The van der Waals surface area contributed by atoms with Crippen molar-refractivity contribution in [1.82, 2.24) is 10.6 Å². The molecule has 2 unspecified atom stereocenters. The van der Waals surface area contributed by atoms with Crippen molar-refractivity contribution in [3.8, 4) is 0 Å². The summed E-state index contributed by atoms with van der Waals surface area (Å²) in [5.41, 5.74) is 0. The number of urea groups is 1. The molecule has 1 rings (SSSR count). The summed E-state index contributed by atoms with van der Waals surface area (Å²) in [5.74, 6) is -2.68. The molecule has 102 valence electrons. The van der Waals surface area contributed by atoms with Gasteiger partial charge in [0.2, 0.25) is 0 Å². The van der Waals surface area contributed by atoms with Crippen molar-refractivity contribution in [3.63, 3.8) is 0 Å². The Morgan fingerprint density at radius 3 is 2.50 bits per heavy atom. The number of amides is 2. The Hall–Kier alpha value is -1.83. The van der Waals surface area contributed by atoms with E-state index in [1.807, 2.05) is 0 Å². The van der Waals surface area contributed by atoms with Gasteiger partial charge >= 0.3 is 18.0 Å². The van der Waals surface area contributed by atoms with Crippen LogP contribution in [0.5, 0.6) is 0 Å². The Kier molecular flexibility index (Phi) is 4.90. The molecule has 2 amide bonds. The molecule has 0 aromatic carbocycles. The molecule has 0 aromatic heterocycles. The normalized spacial score (nSPS) is 24.3. The molecule has 8 nitrogen and oxygen atoms in total. The largest absolute Gasteiger partial charge is 0.481 e. The summed E-state index contributed by atoms with van der Waals surface area (Å²) in [5, 5.41) is 21.9. The summed E-state index contributed by atoms with van der Waals surface area (Å²) in [7, 11) is 0. The first kappa shape index (κ1) is 14.2. The average molecular weight is 260 g/mol. The number of hydrogen-bond acceptors (Lipinski definition) is 4. The van der Waals surface area contributed by atoms with Crippen molar-refractivity contribution in [1.29, 1.82) is 0 Å². The van der Waals surface area contributed by atoms with Gasteiger partial charge in [-0.15, -0.1) is 0 Å². The van der Waals surface area contributed by atoms with Crippen molar-refractivity contribution >= 4 is 18.0 Å². The maximum absolute atomic E-state index is 11.5. The average Bonchev–Trinajstić information content (AvgIpc) is 2.62. The molecule has 1 saturated heterocycles. The number of rotatable bonds is 5. The van der Waals surface area contributed by atoms with Crippen molar-refractivity contribution in [3.05, 3.63) is 0 Å². The van der Waals surface area contributed by atoms with Gasteiger partial charge in [0.15, 0.2) is 0 Å². The van der Waals surface area contributed by atoms with Gasteiger partial charge in [-0.2, -0.15) is 0 Å². The number of nitrogens with one attached hydrogen (secondary N) is 2. The summed E-state index contributed by atoms with van der Waals surface area (Å²) < 4.78 is 5.23. The number of carbonyl (C=O) groups is 3. The predicted molar refractivity (Wildman–Crippen MR) is 59.2 cm³/mol. The molecule has 1 heterocycles. The molecule has 3 atom stereocenters. The molecule has 0 bridgehead atoms. The molecule has 18 heavy (non-hydrogen) atoms. The zero-order valence-corrected chi connectivity index (χ0v) is 9.88. The van der Waals surface area contributed by atoms with E-state index in [2.05, 4.69) is 10.6 Å². The van der Waals surface area contributed by atoms with Crippen LogP contribution in [0, 0.1) is 0 Å². The lowest BCUT2D eigenvalue weighted by Crippen LogP contribution is -2.51. The Morgan fingerprint density at radius 2 is 2.06 bits per heavy atom. The number of ether oxygens (including phenoxy) is 1. The van der Waals surface area contributed by atoms with E-state index in [9.17, 15) is 14.4 Å². The van der Waals surface area contributed by atoms with Crippen molar-refractivity contribution in [2.75, 3.05) is 6.61 Å². The van der Waals surface area contributed by atoms with Crippen LogP contribution in [0.1, 0.15) is 19.8 Å². The molecule has 0 aliphatic carbocycles.